The van der Waals surface area contributed by atoms with Gasteiger partial charge in [0.05, 0.1) is 5.75 Å². The SMILES string of the molecule is Cc1ccc(C)c(OCc2nnc(SCC(=O)N3CCCCC3)o2)c1. The van der Waals surface area contributed by atoms with E-state index in [1.807, 2.05) is 36.9 Å². The average molecular weight is 361 g/mol. The van der Waals surface area contributed by atoms with Gasteiger partial charge in [0.15, 0.2) is 6.61 Å². The second-order valence-corrected chi connectivity index (χ2v) is 7.18. The van der Waals surface area contributed by atoms with Gasteiger partial charge in [-0.15, -0.1) is 10.2 Å². The van der Waals surface area contributed by atoms with Crippen molar-refractivity contribution < 1.29 is 13.9 Å². The van der Waals surface area contributed by atoms with Gasteiger partial charge in [0.2, 0.25) is 5.91 Å². The van der Waals surface area contributed by atoms with Gasteiger partial charge in [-0.05, 0) is 50.3 Å². The number of aromatic nitrogens is 2. The van der Waals surface area contributed by atoms with Crippen LogP contribution in [0.15, 0.2) is 27.8 Å². The molecule has 134 valence electrons. The number of carbonyl (C=O) groups is 1. The zero-order chi connectivity index (χ0) is 17.6. The summed E-state index contributed by atoms with van der Waals surface area (Å²) in [5, 5.41) is 8.37. The number of benzene rings is 1. The Bertz CT molecular complexity index is 726. The zero-order valence-corrected chi connectivity index (χ0v) is 15.5. The fourth-order valence-electron chi connectivity index (χ4n) is 2.72. The smallest absolute Gasteiger partial charge is 0.277 e. The molecule has 2 heterocycles. The van der Waals surface area contributed by atoms with Gasteiger partial charge in [-0.25, -0.2) is 0 Å². The number of carbonyl (C=O) groups excluding carboxylic acids is 1. The topological polar surface area (TPSA) is 68.5 Å². The summed E-state index contributed by atoms with van der Waals surface area (Å²) in [6.45, 7) is 5.96. The van der Waals surface area contributed by atoms with E-state index in [0.717, 1.165) is 42.8 Å². The second kappa shape index (κ2) is 8.38. The summed E-state index contributed by atoms with van der Waals surface area (Å²) < 4.78 is 11.3. The molecule has 0 atom stereocenters. The molecule has 1 aromatic carbocycles. The first kappa shape index (κ1) is 17.8. The maximum absolute atomic E-state index is 12.1. The Kier molecular flexibility index (Phi) is 5.96. The van der Waals surface area contributed by atoms with Crippen molar-refractivity contribution in [2.75, 3.05) is 18.8 Å². The first-order chi connectivity index (χ1) is 12.1. The highest BCUT2D eigenvalue weighted by Crippen LogP contribution is 2.22. The molecule has 1 saturated heterocycles. The zero-order valence-electron chi connectivity index (χ0n) is 14.7. The molecule has 0 aliphatic carbocycles. The van der Waals surface area contributed by atoms with Crippen LogP contribution in [-0.2, 0) is 11.4 Å². The molecule has 0 spiro atoms. The lowest BCUT2D eigenvalue weighted by molar-refractivity contribution is -0.129. The fraction of sp³-hybridized carbons (Fsp3) is 0.500. The van der Waals surface area contributed by atoms with E-state index in [2.05, 4.69) is 10.2 Å². The van der Waals surface area contributed by atoms with Gasteiger partial charge in [-0.1, -0.05) is 23.9 Å². The van der Waals surface area contributed by atoms with Crippen LogP contribution in [0.1, 0.15) is 36.3 Å². The minimum atomic E-state index is 0.135. The lowest BCUT2D eigenvalue weighted by Gasteiger charge is -2.26. The molecule has 1 aromatic heterocycles. The van der Waals surface area contributed by atoms with Crippen molar-refractivity contribution in [3.05, 3.63) is 35.2 Å². The molecule has 0 unspecified atom stereocenters. The molecule has 1 fully saturated rings. The first-order valence-electron chi connectivity index (χ1n) is 8.55. The van der Waals surface area contributed by atoms with Crippen LogP contribution in [0.2, 0.25) is 0 Å². The van der Waals surface area contributed by atoms with E-state index in [-0.39, 0.29) is 12.5 Å². The molecule has 2 aromatic rings. The van der Waals surface area contributed by atoms with Gasteiger partial charge in [-0.2, -0.15) is 0 Å². The number of ether oxygens (including phenoxy) is 1. The molecule has 1 aliphatic heterocycles. The molecule has 25 heavy (non-hydrogen) atoms. The van der Waals surface area contributed by atoms with Crippen molar-refractivity contribution in [2.45, 2.75) is 44.9 Å². The summed E-state index contributed by atoms with van der Waals surface area (Å²) >= 11 is 1.28. The van der Waals surface area contributed by atoms with E-state index in [1.165, 1.54) is 18.2 Å². The predicted molar refractivity (Wildman–Crippen MR) is 95.7 cm³/mol. The molecule has 0 N–H and O–H groups in total. The van der Waals surface area contributed by atoms with Crippen LogP contribution in [0.4, 0.5) is 0 Å². The Morgan fingerprint density at radius 2 is 2.04 bits per heavy atom. The molecule has 0 radical (unpaired) electrons. The number of hydrogen-bond donors (Lipinski definition) is 0. The number of hydrogen-bond acceptors (Lipinski definition) is 6. The van der Waals surface area contributed by atoms with Crippen molar-refractivity contribution in [1.82, 2.24) is 15.1 Å². The van der Waals surface area contributed by atoms with Gasteiger partial charge >= 0.3 is 0 Å². The van der Waals surface area contributed by atoms with E-state index < -0.39 is 0 Å². The second-order valence-electron chi connectivity index (χ2n) is 6.25. The predicted octanol–water partition coefficient (Wildman–Crippen LogP) is 3.37. The molecule has 7 heteroatoms. The summed E-state index contributed by atoms with van der Waals surface area (Å²) in [4.78, 5) is 14.1. The molecule has 1 amide bonds. The van der Waals surface area contributed by atoms with Crippen LogP contribution in [0.3, 0.4) is 0 Å². The molecule has 0 bridgehead atoms. The Balaban J connectivity index is 1.48. The highest BCUT2D eigenvalue weighted by Gasteiger charge is 2.18. The number of thioether (sulfide) groups is 1. The third-order valence-corrected chi connectivity index (χ3v) is 4.97. The van der Waals surface area contributed by atoms with Crippen molar-refractivity contribution in [3.63, 3.8) is 0 Å². The summed E-state index contributed by atoms with van der Waals surface area (Å²) in [7, 11) is 0. The van der Waals surface area contributed by atoms with Gasteiger partial charge in [0.1, 0.15) is 5.75 Å². The Labute approximate surface area is 151 Å². The summed E-state index contributed by atoms with van der Waals surface area (Å²) in [5.41, 5.74) is 2.20. The Hall–Kier alpha value is -2.02. The van der Waals surface area contributed by atoms with Crippen molar-refractivity contribution in [3.8, 4) is 5.75 Å². The molecular weight excluding hydrogens is 338 g/mol. The number of amides is 1. The van der Waals surface area contributed by atoms with Gasteiger partial charge in [0, 0.05) is 13.1 Å². The average Bonchev–Trinajstić information content (AvgIpc) is 3.09. The largest absolute Gasteiger partial charge is 0.484 e. The van der Waals surface area contributed by atoms with Crippen LogP contribution in [0.25, 0.3) is 0 Å². The van der Waals surface area contributed by atoms with Crippen molar-refractivity contribution in [1.29, 1.82) is 0 Å². The monoisotopic (exact) mass is 361 g/mol. The first-order valence-corrected chi connectivity index (χ1v) is 9.53. The van der Waals surface area contributed by atoms with E-state index in [1.54, 1.807) is 0 Å². The van der Waals surface area contributed by atoms with Crippen molar-refractivity contribution in [2.24, 2.45) is 0 Å². The number of likely N-dealkylation sites (tertiary alicyclic amines) is 1. The maximum atomic E-state index is 12.1. The van der Waals surface area contributed by atoms with E-state index in [4.69, 9.17) is 9.15 Å². The van der Waals surface area contributed by atoms with Gasteiger partial charge in [0.25, 0.3) is 11.1 Å². The highest BCUT2D eigenvalue weighted by atomic mass is 32.2. The standard InChI is InChI=1S/C18H23N3O3S/c1-13-6-7-14(2)15(10-13)23-11-16-19-20-18(24-16)25-12-17(22)21-8-4-3-5-9-21/h6-7,10H,3-5,8-9,11-12H2,1-2H3. The molecule has 1 aliphatic rings. The Morgan fingerprint density at radius 1 is 1.24 bits per heavy atom. The van der Waals surface area contributed by atoms with Crippen LogP contribution in [0.5, 0.6) is 5.75 Å². The van der Waals surface area contributed by atoms with Crippen LogP contribution in [-0.4, -0.2) is 39.8 Å². The number of aryl methyl sites for hydroxylation is 2. The normalized spacial score (nSPS) is 14.6. The van der Waals surface area contributed by atoms with Gasteiger partial charge < -0.3 is 14.1 Å². The van der Waals surface area contributed by atoms with E-state index in [0.29, 0.717) is 16.9 Å². The number of piperidine rings is 1. The Morgan fingerprint density at radius 3 is 2.84 bits per heavy atom. The lowest BCUT2D eigenvalue weighted by Crippen LogP contribution is -2.36. The van der Waals surface area contributed by atoms with Crippen LogP contribution < -0.4 is 4.74 Å². The highest BCUT2D eigenvalue weighted by molar-refractivity contribution is 7.99. The van der Waals surface area contributed by atoms with E-state index in [9.17, 15) is 4.79 Å². The van der Waals surface area contributed by atoms with Crippen LogP contribution in [0, 0.1) is 13.8 Å². The third kappa shape index (κ3) is 4.98. The number of nitrogens with zero attached hydrogens (tertiary/aromatic N) is 3. The van der Waals surface area contributed by atoms with Gasteiger partial charge in [-0.3, -0.25) is 4.79 Å². The quantitative estimate of drug-likeness (QED) is 0.735. The van der Waals surface area contributed by atoms with Crippen LogP contribution >= 0.6 is 11.8 Å². The molecule has 6 nitrogen and oxygen atoms in total. The summed E-state index contributed by atoms with van der Waals surface area (Å²) in [6.07, 6.45) is 3.40. The maximum Gasteiger partial charge on any atom is 0.277 e. The minimum Gasteiger partial charge on any atom is -0.484 e. The molecular formula is C18H23N3O3S. The minimum absolute atomic E-state index is 0.135. The van der Waals surface area contributed by atoms with E-state index >= 15 is 0 Å². The van der Waals surface area contributed by atoms with Crippen molar-refractivity contribution >= 4 is 17.7 Å². The third-order valence-electron chi connectivity index (χ3n) is 4.17. The summed E-state index contributed by atoms with van der Waals surface area (Å²) in [5.74, 6) is 1.69. The lowest BCUT2D eigenvalue weighted by atomic mass is 10.1. The number of rotatable bonds is 6. The molecule has 3 rings (SSSR count). The molecule has 0 saturated carbocycles. The fourth-order valence-corrected chi connectivity index (χ4v) is 3.40. The summed E-state index contributed by atoms with van der Waals surface area (Å²) in [6, 6.07) is 6.05.